The topological polar surface area (TPSA) is 136 Å². The second-order valence-corrected chi connectivity index (χ2v) is 8.33. The number of anilines is 1. The number of rotatable bonds is 2. The SMILES string of the molecule is Nc1ccc(S(N)(=O)=O)cc1.O=C1NC(O)(c2ccc(Cl)cc2)c2ccccc21. The lowest BCUT2D eigenvalue weighted by Gasteiger charge is -2.24. The number of hydrogen-bond acceptors (Lipinski definition) is 5. The number of nitrogens with two attached hydrogens (primary N) is 2. The van der Waals surface area contributed by atoms with Crippen molar-refractivity contribution in [3.8, 4) is 0 Å². The fraction of sp³-hybridized carbons (Fsp3) is 0.0500. The van der Waals surface area contributed by atoms with Crippen LogP contribution in [0.1, 0.15) is 21.5 Å². The molecule has 9 heteroatoms. The number of aliphatic hydroxyl groups is 1. The summed E-state index contributed by atoms with van der Waals surface area (Å²) in [6.07, 6.45) is 0. The lowest BCUT2D eigenvalue weighted by Crippen LogP contribution is -2.40. The third-order valence-electron chi connectivity index (χ3n) is 4.33. The van der Waals surface area contributed by atoms with Crippen LogP contribution in [0.25, 0.3) is 0 Å². The molecule has 0 aromatic heterocycles. The smallest absolute Gasteiger partial charge is 0.254 e. The van der Waals surface area contributed by atoms with Crippen molar-refractivity contribution < 1.29 is 18.3 Å². The van der Waals surface area contributed by atoms with E-state index in [2.05, 4.69) is 5.32 Å². The van der Waals surface area contributed by atoms with Crippen molar-refractivity contribution in [2.45, 2.75) is 10.6 Å². The minimum atomic E-state index is -3.58. The maximum Gasteiger partial charge on any atom is 0.254 e. The van der Waals surface area contributed by atoms with Crippen molar-refractivity contribution in [1.29, 1.82) is 0 Å². The summed E-state index contributed by atoms with van der Waals surface area (Å²) in [6.45, 7) is 0. The van der Waals surface area contributed by atoms with E-state index < -0.39 is 15.7 Å². The minimum absolute atomic E-state index is 0.0756. The van der Waals surface area contributed by atoms with Gasteiger partial charge < -0.3 is 16.2 Å². The predicted molar refractivity (Wildman–Crippen MR) is 111 cm³/mol. The molecular formula is C20H18ClN3O4S. The van der Waals surface area contributed by atoms with Gasteiger partial charge in [-0.15, -0.1) is 0 Å². The lowest BCUT2D eigenvalue weighted by molar-refractivity contribution is 0.0476. The second-order valence-electron chi connectivity index (χ2n) is 6.33. The van der Waals surface area contributed by atoms with E-state index in [4.69, 9.17) is 22.5 Å². The number of carbonyl (C=O) groups is 1. The first-order chi connectivity index (χ1) is 13.6. The molecule has 0 saturated carbocycles. The van der Waals surface area contributed by atoms with Crippen molar-refractivity contribution >= 4 is 33.2 Å². The van der Waals surface area contributed by atoms with Gasteiger partial charge in [0.25, 0.3) is 5.91 Å². The molecule has 29 heavy (non-hydrogen) atoms. The van der Waals surface area contributed by atoms with Crippen molar-refractivity contribution in [2.24, 2.45) is 5.14 Å². The number of nitrogens with one attached hydrogen (secondary N) is 1. The molecule has 0 saturated heterocycles. The summed E-state index contributed by atoms with van der Waals surface area (Å²) in [5.74, 6) is -0.275. The molecule has 1 unspecified atom stereocenters. The molecule has 0 fully saturated rings. The third kappa shape index (κ3) is 4.41. The molecule has 3 aromatic carbocycles. The number of sulfonamides is 1. The molecule has 4 rings (SSSR count). The van der Waals surface area contributed by atoms with Crippen LogP contribution in [0, 0.1) is 0 Å². The van der Waals surface area contributed by atoms with E-state index in [1.165, 1.54) is 24.3 Å². The fourth-order valence-electron chi connectivity index (χ4n) is 2.87. The summed E-state index contributed by atoms with van der Waals surface area (Å²) >= 11 is 5.82. The van der Waals surface area contributed by atoms with Crippen LogP contribution in [0.15, 0.2) is 77.7 Å². The Morgan fingerprint density at radius 2 is 1.52 bits per heavy atom. The molecule has 1 aliphatic rings. The van der Waals surface area contributed by atoms with E-state index in [1.54, 1.807) is 48.5 Å². The van der Waals surface area contributed by atoms with Crippen LogP contribution in [0.2, 0.25) is 5.02 Å². The number of fused-ring (bicyclic) bond motifs is 1. The number of benzene rings is 3. The first kappa shape index (κ1) is 20.8. The number of amides is 1. The van der Waals surface area contributed by atoms with Crippen molar-refractivity contribution in [3.63, 3.8) is 0 Å². The summed E-state index contributed by atoms with van der Waals surface area (Å²) in [4.78, 5) is 11.9. The highest BCUT2D eigenvalue weighted by molar-refractivity contribution is 7.89. The van der Waals surface area contributed by atoms with Crippen LogP contribution in [0.5, 0.6) is 0 Å². The molecule has 0 aliphatic carbocycles. The Morgan fingerprint density at radius 1 is 0.931 bits per heavy atom. The van der Waals surface area contributed by atoms with E-state index in [1.807, 2.05) is 0 Å². The Morgan fingerprint density at radius 3 is 2.10 bits per heavy atom. The van der Waals surface area contributed by atoms with Crippen molar-refractivity contribution in [3.05, 3.63) is 94.5 Å². The summed E-state index contributed by atoms with van der Waals surface area (Å²) in [7, 11) is -3.58. The first-order valence-electron chi connectivity index (χ1n) is 8.40. The Hall–Kier alpha value is -2.91. The summed E-state index contributed by atoms with van der Waals surface area (Å²) in [5.41, 5.74) is 6.02. The van der Waals surface area contributed by atoms with Crippen LogP contribution >= 0.6 is 11.6 Å². The zero-order valence-corrected chi connectivity index (χ0v) is 16.6. The normalized spacial score (nSPS) is 17.7. The van der Waals surface area contributed by atoms with Crippen molar-refractivity contribution in [2.75, 3.05) is 5.73 Å². The maximum atomic E-state index is 11.8. The van der Waals surface area contributed by atoms with E-state index in [-0.39, 0.29) is 10.8 Å². The monoisotopic (exact) mass is 431 g/mol. The van der Waals surface area contributed by atoms with E-state index in [0.29, 0.717) is 27.4 Å². The number of carbonyl (C=O) groups excluding carboxylic acids is 1. The quantitative estimate of drug-likeness (QED) is 0.461. The average molecular weight is 432 g/mol. The van der Waals surface area contributed by atoms with Crippen LogP contribution < -0.4 is 16.2 Å². The van der Waals surface area contributed by atoms with Gasteiger partial charge in [-0.2, -0.15) is 0 Å². The van der Waals surface area contributed by atoms with Crippen LogP contribution in [0.4, 0.5) is 5.69 Å². The van der Waals surface area contributed by atoms with Gasteiger partial charge in [0.05, 0.1) is 4.90 Å². The Balaban J connectivity index is 0.000000188. The van der Waals surface area contributed by atoms with Crippen LogP contribution in [-0.2, 0) is 15.7 Å². The Bertz CT molecular complexity index is 1150. The summed E-state index contributed by atoms with van der Waals surface area (Å²) in [5, 5.41) is 18.7. The van der Waals surface area contributed by atoms with Gasteiger partial charge in [-0.05, 0) is 42.5 Å². The standard InChI is InChI=1S/C14H10ClNO2.C6H8N2O2S/c15-10-7-5-9(6-8-10)14(18)12-4-2-1-3-11(12)13(17)16-14;7-5-1-3-6(4-2-5)11(8,9)10/h1-8,18H,(H,16,17);1-4H,7H2,(H2,8,9,10). The van der Waals surface area contributed by atoms with Crippen molar-refractivity contribution in [1.82, 2.24) is 5.32 Å². The van der Waals surface area contributed by atoms with Crippen LogP contribution in [-0.4, -0.2) is 19.4 Å². The van der Waals surface area contributed by atoms with Gasteiger partial charge >= 0.3 is 0 Å². The van der Waals surface area contributed by atoms with Crippen LogP contribution in [0.3, 0.4) is 0 Å². The van der Waals surface area contributed by atoms with Gasteiger partial charge in [0.2, 0.25) is 10.0 Å². The molecule has 3 aromatic rings. The van der Waals surface area contributed by atoms with E-state index >= 15 is 0 Å². The zero-order valence-electron chi connectivity index (χ0n) is 15.0. The van der Waals surface area contributed by atoms with Gasteiger partial charge in [0, 0.05) is 27.4 Å². The maximum absolute atomic E-state index is 11.8. The number of hydrogen-bond donors (Lipinski definition) is 4. The molecule has 1 heterocycles. The largest absolute Gasteiger partial charge is 0.399 e. The fourth-order valence-corrected chi connectivity index (χ4v) is 3.51. The molecule has 1 amide bonds. The Kier molecular flexibility index (Phi) is 5.63. The summed E-state index contributed by atoms with van der Waals surface area (Å²) in [6, 6.07) is 19.5. The number of nitrogen functional groups attached to an aromatic ring is 1. The molecule has 1 aliphatic heterocycles. The van der Waals surface area contributed by atoms with Gasteiger partial charge in [-0.1, -0.05) is 41.9 Å². The highest BCUT2D eigenvalue weighted by Crippen LogP contribution is 2.34. The molecule has 0 bridgehead atoms. The third-order valence-corrected chi connectivity index (χ3v) is 5.51. The number of halogens is 1. The Labute approximate surface area is 173 Å². The lowest BCUT2D eigenvalue weighted by atomic mass is 9.95. The first-order valence-corrected chi connectivity index (χ1v) is 10.3. The van der Waals surface area contributed by atoms with Gasteiger partial charge in [-0.3, -0.25) is 4.79 Å². The molecule has 1 atom stereocenters. The average Bonchev–Trinajstić information content (AvgIpc) is 2.94. The molecule has 0 radical (unpaired) electrons. The van der Waals surface area contributed by atoms with E-state index in [9.17, 15) is 18.3 Å². The zero-order chi connectivity index (χ0) is 21.2. The minimum Gasteiger partial charge on any atom is -0.399 e. The van der Waals surface area contributed by atoms with E-state index in [0.717, 1.165) is 0 Å². The number of primary sulfonamides is 1. The molecular weight excluding hydrogens is 414 g/mol. The molecule has 7 nitrogen and oxygen atoms in total. The molecule has 6 N–H and O–H groups in total. The predicted octanol–water partition coefficient (Wildman–Crippen LogP) is 2.19. The highest BCUT2D eigenvalue weighted by Gasteiger charge is 2.42. The molecule has 0 spiro atoms. The summed E-state index contributed by atoms with van der Waals surface area (Å²) < 4.78 is 21.4. The highest BCUT2D eigenvalue weighted by atomic mass is 35.5. The van der Waals surface area contributed by atoms with Gasteiger partial charge in [0.15, 0.2) is 5.72 Å². The molecule has 150 valence electrons. The van der Waals surface area contributed by atoms with Gasteiger partial charge in [0.1, 0.15) is 0 Å². The second kappa shape index (κ2) is 7.84. The van der Waals surface area contributed by atoms with Gasteiger partial charge in [-0.25, -0.2) is 13.6 Å².